The molecule has 2 aromatic carbocycles. The number of hydrogen-bond acceptors (Lipinski definition) is 5. The number of rotatable bonds is 6. The average Bonchev–Trinajstić information content (AvgIpc) is 3.16. The molecule has 4 rings (SSSR count). The van der Waals surface area contributed by atoms with Crippen LogP contribution in [0.3, 0.4) is 0 Å². The van der Waals surface area contributed by atoms with Crippen molar-refractivity contribution >= 4 is 22.9 Å². The van der Waals surface area contributed by atoms with Gasteiger partial charge in [0.1, 0.15) is 5.75 Å². The minimum Gasteiger partial charge on any atom is -0.497 e. The molecular weight excluding hydrogens is 354 g/mol. The Labute approximate surface area is 162 Å². The number of para-hydroxylation sites is 1. The molecule has 140 valence electrons. The first-order chi connectivity index (χ1) is 13.7. The van der Waals surface area contributed by atoms with E-state index in [2.05, 4.69) is 20.8 Å². The van der Waals surface area contributed by atoms with Crippen molar-refractivity contribution in [2.45, 2.75) is 6.54 Å². The van der Waals surface area contributed by atoms with Gasteiger partial charge in [-0.25, -0.2) is 0 Å². The summed E-state index contributed by atoms with van der Waals surface area (Å²) in [5, 5.41) is 14.4. The average molecular weight is 373 g/mol. The maximum absolute atomic E-state index is 12.8. The lowest BCUT2D eigenvalue weighted by Gasteiger charge is -2.12. The van der Waals surface area contributed by atoms with Gasteiger partial charge in [0.05, 0.1) is 24.9 Å². The third-order valence-corrected chi connectivity index (χ3v) is 4.33. The maximum Gasteiger partial charge on any atom is 0.253 e. The first kappa shape index (κ1) is 17.5. The second kappa shape index (κ2) is 7.79. The standard InChI is InChI=1S/C21H19N5O2/c1-28-16-11-9-15(10-12-16)23-18-7-3-2-6-17(18)21(27)22-14-20-25-24-19-8-4-5-13-26(19)20/h2-13,23H,14H2,1H3,(H,22,27). The van der Waals surface area contributed by atoms with Gasteiger partial charge < -0.3 is 15.4 Å². The van der Waals surface area contributed by atoms with Gasteiger partial charge in [-0.15, -0.1) is 10.2 Å². The van der Waals surface area contributed by atoms with Crippen molar-refractivity contribution < 1.29 is 9.53 Å². The monoisotopic (exact) mass is 373 g/mol. The lowest BCUT2D eigenvalue weighted by molar-refractivity contribution is 0.0950. The van der Waals surface area contributed by atoms with Crippen LogP contribution in [-0.4, -0.2) is 27.6 Å². The van der Waals surface area contributed by atoms with Crippen LogP contribution in [-0.2, 0) is 6.54 Å². The van der Waals surface area contributed by atoms with Crippen LogP contribution in [0.15, 0.2) is 72.9 Å². The van der Waals surface area contributed by atoms with E-state index in [1.165, 1.54) is 0 Å². The normalized spacial score (nSPS) is 10.6. The molecule has 0 fully saturated rings. The highest BCUT2D eigenvalue weighted by molar-refractivity contribution is 6.00. The van der Waals surface area contributed by atoms with Crippen molar-refractivity contribution in [1.82, 2.24) is 19.9 Å². The van der Waals surface area contributed by atoms with Crippen molar-refractivity contribution in [2.24, 2.45) is 0 Å². The van der Waals surface area contributed by atoms with Crippen LogP contribution < -0.4 is 15.4 Å². The Morgan fingerprint density at radius 3 is 2.61 bits per heavy atom. The molecule has 0 spiro atoms. The van der Waals surface area contributed by atoms with E-state index in [4.69, 9.17) is 4.74 Å². The zero-order valence-corrected chi connectivity index (χ0v) is 15.3. The van der Waals surface area contributed by atoms with E-state index in [0.717, 1.165) is 22.8 Å². The Hall–Kier alpha value is -3.87. The fourth-order valence-corrected chi connectivity index (χ4v) is 2.89. The van der Waals surface area contributed by atoms with Gasteiger partial charge in [-0.2, -0.15) is 0 Å². The summed E-state index contributed by atoms with van der Waals surface area (Å²) in [7, 11) is 1.63. The number of ether oxygens (including phenoxy) is 1. The van der Waals surface area contributed by atoms with E-state index in [0.29, 0.717) is 11.4 Å². The molecule has 2 heterocycles. The maximum atomic E-state index is 12.8. The molecule has 4 aromatic rings. The molecule has 0 unspecified atom stereocenters. The first-order valence-corrected chi connectivity index (χ1v) is 8.81. The van der Waals surface area contributed by atoms with Crippen molar-refractivity contribution in [1.29, 1.82) is 0 Å². The van der Waals surface area contributed by atoms with Crippen molar-refractivity contribution in [3.8, 4) is 5.75 Å². The molecular formula is C21H19N5O2. The summed E-state index contributed by atoms with van der Waals surface area (Å²) in [5.41, 5.74) is 2.88. The molecule has 2 N–H and O–H groups in total. The Balaban J connectivity index is 1.49. The summed E-state index contributed by atoms with van der Waals surface area (Å²) < 4.78 is 7.02. The summed E-state index contributed by atoms with van der Waals surface area (Å²) in [6.07, 6.45) is 1.87. The Morgan fingerprint density at radius 1 is 1.00 bits per heavy atom. The third-order valence-electron chi connectivity index (χ3n) is 4.33. The van der Waals surface area contributed by atoms with Crippen molar-refractivity contribution in [2.75, 3.05) is 12.4 Å². The molecule has 7 heteroatoms. The number of methoxy groups -OCH3 is 1. The van der Waals surface area contributed by atoms with Crippen molar-refractivity contribution in [3.63, 3.8) is 0 Å². The van der Waals surface area contributed by atoms with E-state index in [1.807, 2.05) is 71.3 Å². The van der Waals surface area contributed by atoms with E-state index < -0.39 is 0 Å². The first-order valence-electron chi connectivity index (χ1n) is 8.81. The second-order valence-corrected chi connectivity index (χ2v) is 6.13. The van der Waals surface area contributed by atoms with Crippen LogP contribution in [0.4, 0.5) is 11.4 Å². The number of fused-ring (bicyclic) bond motifs is 1. The van der Waals surface area contributed by atoms with E-state index in [1.54, 1.807) is 13.2 Å². The molecule has 0 saturated carbocycles. The van der Waals surface area contributed by atoms with Crippen LogP contribution in [0.1, 0.15) is 16.2 Å². The predicted molar refractivity (Wildman–Crippen MR) is 107 cm³/mol. The molecule has 2 aromatic heterocycles. The lowest BCUT2D eigenvalue weighted by atomic mass is 10.1. The van der Waals surface area contributed by atoms with E-state index in [9.17, 15) is 4.79 Å². The van der Waals surface area contributed by atoms with Gasteiger partial charge in [0.15, 0.2) is 11.5 Å². The minimum atomic E-state index is -0.190. The fraction of sp³-hybridized carbons (Fsp3) is 0.0952. The highest BCUT2D eigenvalue weighted by atomic mass is 16.5. The zero-order chi connectivity index (χ0) is 19.3. The topological polar surface area (TPSA) is 80.5 Å². The van der Waals surface area contributed by atoms with Crippen LogP contribution in [0, 0.1) is 0 Å². The lowest BCUT2D eigenvalue weighted by Crippen LogP contribution is -2.24. The predicted octanol–water partition coefficient (Wildman–Crippen LogP) is 3.41. The van der Waals surface area contributed by atoms with Crippen LogP contribution >= 0.6 is 0 Å². The molecule has 0 aliphatic heterocycles. The molecule has 1 amide bonds. The molecule has 0 aliphatic carbocycles. The molecule has 0 saturated heterocycles. The van der Waals surface area contributed by atoms with Gasteiger partial charge in [0.25, 0.3) is 5.91 Å². The highest BCUT2D eigenvalue weighted by Crippen LogP contribution is 2.23. The summed E-state index contributed by atoms with van der Waals surface area (Å²) in [4.78, 5) is 12.8. The quantitative estimate of drug-likeness (QED) is 0.541. The number of amides is 1. The fourth-order valence-electron chi connectivity index (χ4n) is 2.89. The van der Waals surface area contributed by atoms with Gasteiger partial charge in [-0.05, 0) is 48.5 Å². The Kier molecular flexibility index (Phi) is 4.88. The Bertz CT molecular complexity index is 1110. The van der Waals surface area contributed by atoms with Crippen LogP contribution in [0.25, 0.3) is 5.65 Å². The SMILES string of the molecule is COc1ccc(Nc2ccccc2C(=O)NCc2nnc3ccccn23)cc1. The number of carbonyl (C=O) groups excluding carboxylic acids is 1. The number of anilines is 2. The van der Waals surface area contributed by atoms with Gasteiger partial charge in [0, 0.05) is 11.9 Å². The summed E-state index contributed by atoms with van der Waals surface area (Å²) in [6.45, 7) is 0.279. The third kappa shape index (κ3) is 3.64. The smallest absolute Gasteiger partial charge is 0.253 e. The summed E-state index contributed by atoms with van der Waals surface area (Å²) in [5.74, 6) is 1.26. The number of aromatic nitrogens is 3. The van der Waals surface area contributed by atoms with E-state index >= 15 is 0 Å². The van der Waals surface area contributed by atoms with E-state index in [-0.39, 0.29) is 12.5 Å². The molecule has 0 radical (unpaired) electrons. The highest BCUT2D eigenvalue weighted by Gasteiger charge is 2.13. The number of nitrogens with one attached hydrogen (secondary N) is 2. The second-order valence-electron chi connectivity index (χ2n) is 6.13. The number of hydrogen-bond donors (Lipinski definition) is 2. The van der Waals surface area contributed by atoms with Gasteiger partial charge in [-0.1, -0.05) is 18.2 Å². The number of pyridine rings is 1. The largest absolute Gasteiger partial charge is 0.497 e. The molecule has 0 atom stereocenters. The zero-order valence-electron chi connectivity index (χ0n) is 15.3. The Morgan fingerprint density at radius 2 is 1.79 bits per heavy atom. The van der Waals surface area contributed by atoms with Gasteiger partial charge in [-0.3, -0.25) is 9.20 Å². The molecule has 0 aliphatic rings. The minimum absolute atomic E-state index is 0.190. The number of nitrogens with zero attached hydrogens (tertiary/aromatic N) is 3. The van der Waals surface area contributed by atoms with Crippen molar-refractivity contribution in [3.05, 3.63) is 84.3 Å². The number of carbonyl (C=O) groups is 1. The van der Waals surface area contributed by atoms with Gasteiger partial charge in [0.2, 0.25) is 0 Å². The summed E-state index contributed by atoms with van der Waals surface area (Å²) >= 11 is 0. The number of benzene rings is 2. The molecule has 28 heavy (non-hydrogen) atoms. The van der Waals surface area contributed by atoms with Crippen LogP contribution in [0.2, 0.25) is 0 Å². The molecule has 7 nitrogen and oxygen atoms in total. The molecule has 0 bridgehead atoms. The van der Waals surface area contributed by atoms with Crippen LogP contribution in [0.5, 0.6) is 5.75 Å². The van der Waals surface area contributed by atoms with Gasteiger partial charge >= 0.3 is 0 Å². The summed E-state index contributed by atoms with van der Waals surface area (Å²) in [6, 6.07) is 20.5.